The van der Waals surface area contributed by atoms with Gasteiger partial charge in [-0.3, -0.25) is 9.59 Å². The van der Waals surface area contributed by atoms with Crippen molar-refractivity contribution in [3.63, 3.8) is 0 Å². The fourth-order valence-corrected chi connectivity index (χ4v) is 2.67. The Morgan fingerprint density at radius 2 is 2.05 bits per heavy atom. The van der Waals surface area contributed by atoms with Crippen LogP contribution in [0.4, 0.5) is 4.39 Å². The summed E-state index contributed by atoms with van der Waals surface area (Å²) in [4.78, 5) is 23.5. The monoisotopic (exact) mass is 295 g/mol. The van der Waals surface area contributed by atoms with E-state index in [0.717, 1.165) is 18.9 Å². The fraction of sp³-hybridized carbons (Fsp3) is 0.467. The van der Waals surface area contributed by atoms with E-state index in [4.69, 9.17) is 4.74 Å². The summed E-state index contributed by atoms with van der Waals surface area (Å²) >= 11 is 0. The predicted molar refractivity (Wildman–Crippen MR) is 73.8 cm³/mol. The zero-order chi connectivity index (χ0) is 15.5. The summed E-state index contributed by atoms with van der Waals surface area (Å²) in [5, 5.41) is 12.0. The van der Waals surface area contributed by atoms with Gasteiger partial charge in [0.2, 0.25) is 0 Å². The van der Waals surface area contributed by atoms with E-state index in [9.17, 15) is 19.1 Å². The van der Waals surface area contributed by atoms with Crippen LogP contribution in [0.15, 0.2) is 18.2 Å². The summed E-state index contributed by atoms with van der Waals surface area (Å²) < 4.78 is 18.1. The van der Waals surface area contributed by atoms with Crippen molar-refractivity contribution in [2.24, 2.45) is 5.41 Å². The van der Waals surface area contributed by atoms with Crippen molar-refractivity contribution >= 4 is 11.9 Å². The summed E-state index contributed by atoms with van der Waals surface area (Å²) in [6.07, 6.45) is 2.84. The minimum atomic E-state index is -0.878. The van der Waals surface area contributed by atoms with Crippen LogP contribution in [0.3, 0.4) is 0 Å². The number of hydrogen-bond acceptors (Lipinski definition) is 3. The highest BCUT2D eigenvalue weighted by Gasteiger charge is 2.41. The Morgan fingerprint density at radius 3 is 2.62 bits per heavy atom. The Hall–Kier alpha value is -2.11. The van der Waals surface area contributed by atoms with Crippen LogP contribution in [0, 0.1) is 11.2 Å². The SMILES string of the molecule is COc1cc(C(=O)NCC2(C(=O)O)CCCC2)ccc1F. The molecule has 0 saturated heterocycles. The molecule has 0 atom stereocenters. The molecule has 1 aliphatic carbocycles. The molecule has 114 valence electrons. The summed E-state index contributed by atoms with van der Waals surface area (Å²) in [7, 11) is 1.32. The van der Waals surface area contributed by atoms with Crippen molar-refractivity contribution in [3.05, 3.63) is 29.6 Å². The minimum absolute atomic E-state index is 0.0172. The highest BCUT2D eigenvalue weighted by molar-refractivity contribution is 5.95. The van der Waals surface area contributed by atoms with E-state index in [-0.39, 0.29) is 17.9 Å². The number of amides is 1. The lowest BCUT2D eigenvalue weighted by molar-refractivity contribution is -0.148. The third kappa shape index (κ3) is 3.15. The van der Waals surface area contributed by atoms with Gasteiger partial charge in [0.05, 0.1) is 12.5 Å². The standard InChI is InChI=1S/C15H18FNO4/c1-21-12-8-10(4-5-11(12)16)13(18)17-9-15(14(19)20)6-2-3-7-15/h4-5,8H,2-3,6-7,9H2,1H3,(H,17,18)(H,19,20). The van der Waals surface area contributed by atoms with Gasteiger partial charge in [-0.25, -0.2) is 4.39 Å². The first-order chi connectivity index (χ1) is 9.98. The first-order valence-electron chi connectivity index (χ1n) is 6.84. The lowest BCUT2D eigenvalue weighted by Gasteiger charge is -2.24. The van der Waals surface area contributed by atoms with Crippen LogP contribution < -0.4 is 10.1 Å². The Kier molecular flexibility index (Phi) is 4.45. The molecule has 1 fully saturated rings. The molecule has 1 saturated carbocycles. The third-order valence-electron chi connectivity index (χ3n) is 4.01. The number of carboxylic acid groups (broad SMARTS) is 1. The number of carbonyl (C=O) groups is 2. The Balaban J connectivity index is 2.06. The fourth-order valence-electron chi connectivity index (χ4n) is 2.67. The first-order valence-corrected chi connectivity index (χ1v) is 6.84. The number of nitrogens with one attached hydrogen (secondary N) is 1. The van der Waals surface area contributed by atoms with E-state index in [1.165, 1.54) is 19.2 Å². The number of hydrogen-bond donors (Lipinski definition) is 2. The van der Waals surface area contributed by atoms with Gasteiger partial charge < -0.3 is 15.2 Å². The first kappa shape index (κ1) is 15.3. The van der Waals surface area contributed by atoms with Crippen molar-refractivity contribution in [3.8, 4) is 5.75 Å². The van der Waals surface area contributed by atoms with Crippen molar-refractivity contribution in [1.82, 2.24) is 5.32 Å². The van der Waals surface area contributed by atoms with Crippen LogP contribution in [0.5, 0.6) is 5.75 Å². The maximum absolute atomic E-state index is 13.3. The molecule has 1 amide bonds. The van der Waals surface area contributed by atoms with Gasteiger partial charge >= 0.3 is 5.97 Å². The Morgan fingerprint density at radius 1 is 1.38 bits per heavy atom. The number of carboxylic acids is 1. The van der Waals surface area contributed by atoms with Crippen molar-refractivity contribution in [2.45, 2.75) is 25.7 Å². The molecule has 1 aromatic carbocycles. The molecule has 21 heavy (non-hydrogen) atoms. The smallest absolute Gasteiger partial charge is 0.311 e. The molecule has 0 radical (unpaired) electrons. The van der Waals surface area contributed by atoms with Gasteiger partial charge in [0, 0.05) is 12.1 Å². The van der Waals surface area contributed by atoms with Gasteiger partial charge in [-0.1, -0.05) is 12.8 Å². The van der Waals surface area contributed by atoms with Crippen LogP contribution >= 0.6 is 0 Å². The molecule has 1 aromatic rings. The second-order valence-corrected chi connectivity index (χ2v) is 5.32. The van der Waals surface area contributed by atoms with Gasteiger partial charge in [0.25, 0.3) is 5.91 Å². The van der Waals surface area contributed by atoms with E-state index < -0.39 is 23.1 Å². The van der Waals surface area contributed by atoms with E-state index in [1.54, 1.807) is 0 Å². The minimum Gasteiger partial charge on any atom is -0.494 e. The van der Waals surface area contributed by atoms with E-state index >= 15 is 0 Å². The number of carbonyl (C=O) groups excluding carboxylic acids is 1. The van der Waals surface area contributed by atoms with Gasteiger partial charge in [0.15, 0.2) is 11.6 Å². The number of benzene rings is 1. The van der Waals surface area contributed by atoms with E-state index in [2.05, 4.69) is 5.32 Å². The average molecular weight is 295 g/mol. The van der Waals surface area contributed by atoms with Crippen LogP contribution in [0.25, 0.3) is 0 Å². The number of aliphatic carboxylic acids is 1. The molecule has 5 nitrogen and oxygen atoms in total. The number of halogens is 1. The number of rotatable bonds is 5. The summed E-state index contributed by atoms with van der Waals surface area (Å²) in [5.74, 6) is -1.87. The number of ether oxygens (including phenoxy) is 1. The van der Waals surface area contributed by atoms with Crippen LogP contribution in [-0.2, 0) is 4.79 Å². The molecule has 0 aromatic heterocycles. The Bertz CT molecular complexity index is 553. The lowest BCUT2D eigenvalue weighted by atomic mass is 9.86. The van der Waals surface area contributed by atoms with E-state index in [1.807, 2.05) is 0 Å². The largest absolute Gasteiger partial charge is 0.494 e. The van der Waals surface area contributed by atoms with Gasteiger partial charge in [0.1, 0.15) is 0 Å². The molecule has 2 rings (SSSR count). The molecule has 0 aliphatic heterocycles. The van der Waals surface area contributed by atoms with E-state index in [0.29, 0.717) is 12.8 Å². The molecule has 1 aliphatic rings. The number of methoxy groups -OCH3 is 1. The molecule has 6 heteroatoms. The Labute approximate surface area is 122 Å². The molecule has 0 spiro atoms. The van der Waals surface area contributed by atoms with Crippen molar-refractivity contribution in [2.75, 3.05) is 13.7 Å². The molecule has 0 bridgehead atoms. The van der Waals surface area contributed by atoms with Crippen molar-refractivity contribution in [1.29, 1.82) is 0 Å². The maximum Gasteiger partial charge on any atom is 0.311 e. The highest BCUT2D eigenvalue weighted by Crippen LogP contribution is 2.37. The van der Waals surface area contributed by atoms with Crippen LogP contribution in [0.1, 0.15) is 36.0 Å². The zero-order valence-electron chi connectivity index (χ0n) is 11.8. The van der Waals surface area contributed by atoms with Crippen LogP contribution in [-0.4, -0.2) is 30.6 Å². The van der Waals surface area contributed by atoms with Gasteiger partial charge in [-0.15, -0.1) is 0 Å². The molecule has 0 unspecified atom stereocenters. The summed E-state index contributed by atoms with van der Waals surface area (Å²) in [6.45, 7) is 0.0842. The topological polar surface area (TPSA) is 75.6 Å². The molecular weight excluding hydrogens is 277 g/mol. The quantitative estimate of drug-likeness (QED) is 0.873. The second-order valence-electron chi connectivity index (χ2n) is 5.32. The molecular formula is C15H18FNO4. The molecule has 2 N–H and O–H groups in total. The highest BCUT2D eigenvalue weighted by atomic mass is 19.1. The van der Waals surface area contributed by atoms with Crippen molar-refractivity contribution < 1.29 is 23.8 Å². The van der Waals surface area contributed by atoms with Crippen LogP contribution in [0.2, 0.25) is 0 Å². The predicted octanol–water partition coefficient (Wildman–Crippen LogP) is 2.21. The zero-order valence-corrected chi connectivity index (χ0v) is 11.8. The summed E-state index contributed by atoms with van der Waals surface area (Å²) in [5.41, 5.74) is -0.633. The van der Waals surface area contributed by atoms with Gasteiger partial charge in [-0.05, 0) is 31.0 Å². The average Bonchev–Trinajstić information content (AvgIpc) is 2.95. The molecule has 0 heterocycles. The second kappa shape index (κ2) is 6.11. The third-order valence-corrected chi connectivity index (χ3v) is 4.01. The summed E-state index contributed by atoms with van der Waals surface area (Å²) in [6, 6.07) is 3.79. The maximum atomic E-state index is 13.3. The lowest BCUT2D eigenvalue weighted by Crippen LogP contribution is -2.41. The normalized spacial score (nSPS) is 16.5. The van der Waals surface area contributed by atoms with Gasteiger partial charge in [-0.2, -0.15) is 0 Å².